The highest BCUT2D eigenvalue weighted by molar-refractivity contribution is 5.95. The molecular formula is C50H78O16. The van der Waals surface area contributed by atoms with E-state index in [0.29, 0.717) is 38.5 Å². The molecule has 16 nitrogen and oxygen atoms in total. The minimum atomic E-state index is -1.94. The van der Waals surface area contributed by atoms with Crippen LogP contribution in [-0.2, 0) is 47.6 Å². The first-order valence-corrected chi connectivity index (χ1v) is 24.7. The summed E-state index contributed by atoms with van der Waals surface area (Å²) >= 11 is 0. The summed E-state index contributed by atoms with van der Waals surface area (Å²) in [5, 5.41) is 66.1. The molecule has 66 heavy (non-hydrogen) atoms. The molecule has 0 bridgehead atoms. The molecule has 6 fully saturated rings. The summed E-state index contributed by atoms with van der Waals surface area (Å²) in [5.41, 5.74) is -1.67. The molecule has 7 rings (SSSR count). The van der Waals surface area contributed by atoms with Crippen molar-refractivity contribution in [2.75, 3.05) is 13.2 Å². The van der Waals surface area contributed by atoms with Gasteiger partial charge in [-0.15, -0.1) is 0 Å². The maximum Gasteiger partial charge on any atom is 0.338 e. The Bertz CT molecular complexity index is 1870. The summed E-state index contributed by atoms with van der Waals surface area (Å²) < 4.78 is 35.5. The molecule has 0 aromatic rings. The van der Waals surface area contributed by atoms with Crippen molar-refractivity contribution in [1.82, 2.24) is 0 Å². The lowest BCUT2D eigenvalue weighted by Gasteiger charge is -2.70. The fourth-order valence-corrected chi connectivity index (χ4v) is 14.1. The Labute approximate surface area is 389 Å². The Kier molecular flexibility index (Phi) is 14.5. The average Bonchev–Trinajstić information content (AvgIpc) is 3.25. The van der Waals surface area contributed by atoms with Gasteiger partial charge in [0.15, 0.2) is 30.6 Å². The number of ether oxygens (including phenoxy) is 6. The number of ketones is 1. The number of hydrogen-bond acceptors (Lipinski definition) is 15. The molecule has 0 aromatic heterocycles. The number of aliphatic hydroxyl groups is 5. The number of unbranched alkanes of at least 4 members (excludes halogenated alkanes) is 2. The second-order valence-electron chi connectivity index (χ2n) is 23.0. The van der Waals surface area contributed by atoms with Crippen LogP contribution < -0.4 is 0 Å². The monoisotopic (exact) mass is 935 g/mol. The van der Waals surface area contributed by atoms with E-state index < -0.39 is 107 Å². The maximum atomic E-state index is 15.0. The average molecular weight is 935 g/mol. The first-order chi connectivity index (χ1) is 30.8. The third kappa shape index (κ3) is 8.41. The zero-order valence-electron chi connectivity index (χ0n) is 40.5. The number of carbonyl (C=O) groups is 4. The zero-order valence-corrected chi connectivity index (χ0v) is 40.5. The van der Waals surface area contributed by atoms with Gasteiger partial charge in [0.25, 0.3) is 0 Å². The Morgan fingerprint density at radius 3 is 1.86 bits per heavy atom. The van der Waals surface area contributed by atoms with Crippen LogP contribution in [0.1, 0.15) is 146 Å². The summed E-state index contributed by atoms with van der Waals surface area (Å²) in [6.45, 7) is 19.0. The van der Waals surface area contributed by atoms with Gasteiger partial charge in [0, 0.05) is 5.92 Å². The minimum absolute atomic E-state index is 0.00910. The van der Waals surface area contributed by atoms with Crippen molar-refractivity contribution in [2.45, 2.75) is 213 Å². The van der Waals surface area contributed by atoms with E-state index >= 15 is 4.79 Å². The van der Waals surface area contributed by atoms with Crippen LogP contribution in [0.4, 0.5) is 0 Å². The fraction of sp³-hybridized carbons (Fsp3) is 0.880. The van der Waals surface area contributed by atoms with E-state index in [2.05, 4.69) is 41.5 Å². The molecule has 4 saturated carbocycles. The number of aliphatic carboxylic acids is 1. The van der Waals surface area contributed by atoms with Crippen molar-refractivity contribution < 1.29 is 78.2 Å². The van der Waals surface area contributed by atoms with Crippen molar-refractivity contribution in [1.29, 1.82) is 0 Å². The highest BCUT2D eigenvalue weighted by Crippen LogP contribution is 2.75. The number of hydrogen-bond donors (Lipinski definition) is 6. The van der Waals surface area contributed by atoms with E-state index in [0.717, 1.165) is 50.5 Å². The van der Waals surface area contributed by atoms with Gasteiger partial charge < -0.3 is 59.1 Å². The Balaban J connectivity index is 1.17. The van der Waals surface area contributed by atoms with E-state index in [1.54, 1.807) is 0 Å². The molecule has 7 aliphatic rings. The second kappa shape index (κ2) is 18.7. The molecule has 2 saturated heterocycles. The van der Waals surface area contributed by atoms with Gasteiger partial charge in [-0.1, -0.05) is 73.8 Å². The van der Waals surface area contributed by atoms with Crippen molar-refractivity contribution in [3.05, 3.63) is 11.6 Å². The molecule has 2 heterocycles. The van der Waals surface area contributed by atoms with Crippen molar-refractivity contribution >= 4 is 23.7 Å². The molecule has 19 atom stereocenters. The summed E-state index contributed by atoms with van der Waals surface area (Å²) in [6.07, 6.45) is -7.96. The van der Waals surface area contributed by atoms with E-state index in [4.69, 9.17) is 28.4 Å². The van der Waals surface area contributed by atoms with E-state index in [1.165, 1.54) is 0 Å². The van der Waals surface area contributed by atoms with Crippen molar-refractivity contribution in [2.24, 2.45) is 50.2 Å². The molecule has 0 spiro atoms. The van der Waals surface area contributed by atoms with Crippen molar-refractivity contribution in [3.63, 3.8) is 0 Å². The molecule has 6 N–H and O–H groups in total. The van der Waals surface area contributed by atoms with Gasteiger partial charge in [-0.3, -0.25) is 9.59 Å². The molecule has 5 aliphatic carbocycles. The summed E-state index contributed by atoms with van der Waals surface area (Å²) in [6, 6.07) is 0. The van der Waals surface area contributed by atoms with Crippen LogP contribution in [-0.4, -0.2) is 135 Å². The van der Waals surface area contributed by atoms with Crippen molar-refractivity contribution in [3.8, 4) is 0 Å². The van der Waals surface area contributed by atoms with Gasteiger partial charge in [-0.05, 0) is 123 Å². The lowest BCUT2D eigenvalue weighted by atomic mass is 9.33. The zero-order chi connectivity index (χ0) is 48.5. The molecule has 0 amide bonds. The third-order valence-corrected chi connectivity index (χ3v) is 18.7. The molecule has 374 valence electrons. The van der Waals surface area contributed by atoms with Gasteiger partial charge in [-0.25, -0.2) is 9.59 Å². The molecule has 0 radical (unpaired) electrons. The molecule has 0 aromatic carbocycles. The van der Waals surface area contributed by atoms with Gasteiger partial charge in [0.05, 0.1) is 24.7 Å². The second-order valence-corrected chi connectivity index (χ2v) is 23.0. The van der Waals surface area contributed by atoms with E-state index in [-0.39, 0.29) is 47.6 Å². The third-order valence-electron chi connectivity index (χ3n) is 18.7. The number of rotatable bonds is 13. The van der Waals surface area contributed by atoms with Crippen LogP contribution >= 0.6 is 0 Å². The first-order valence-electron chi connectivity index (χ1n) is 24.7. The summed E-state index contributed by atoms with van der Waals surface area (Å²) in [4.78, 5) is 54.0. The number of aliphatic hydroxyl groups excluding tert-OH is 5. The van der Waals surface area contributed by atoms with Gasteiger partial charge >= 0.3 is 17.9 Å². The SMILES string of the molecule is CCCCOC(=O)[C@H]1O[C@@H](O[C@H]2[C@H](OC3CCC4(C)C(CCC5(C)C4C(=O)C=C4C6CC(C)(C(=O)O)CCC6(C)CCC45C)C3(C)C)O[C@H](C(=O)OCCCC)[C@@H](O)[C@@H]2O)[C@H](O)[C@@H](O)[C@@H]1O. The number of esters is 2. The lowest BCUT2D eigenvalue weighted by molar-refractivity contribution is -0.371. The predicted octanol–water partition coefficient (Wildman–Crippen LogP) is 4.76. The van der Waals surface area contributed by atoms with Crippen LogP contribution in [0.3, 0.4) is 0 Å². The molecule has 2 aliphatic heterocycles. The highest BCUT2D eigenvalue weighted by Gasteiger charge is 2.71. The maximum absolute atomic E-state index is 15.0. The van der Waals surface area contributed by atoms with Crippen LogP contribution in [0.25, 0.3) is 0 Å². The molecular weight excluding hydrogens is 857 g/mol. The number of fused-ring (bicyclic) bond motifs is 7. The fourth-order valence-electron chi connectivity index (χ4n) is 14.1. The number of carboxylic acid groups (broad SMARTS) is 1. The topological polar surface area (TPSA) is 245 Å². The highest BCUT2D eigenvalue weighted by atomic mass is 16.8. The molecule has 16 heteroatoms. The quantitative estimate of drug-likeness (QED) is 0.0828. The Hall–Kier alpha value is -2.54. The van der Waals surface area contributed by atoms with Crippen LogP contribution in [0.15, 0.2) is 11.6 Å². The number of carboxylic acids is 1. The molecule has 9 unspecified atom stereocenters. The van der Waals surface area contributed by atoms with Gasteiger partial charge in [0.1, 0.15) is 36.6 Å². The normalized spacial score (nSPS) is 47.5. The van der Waals surface area contributed by atoms with Crippen LogP contribution in [0.5, 0.6) is 0 Å². The Morgan fingerprint density at radius 1 is 0.697 bits per heavy atom. The first kappa shape index (κ1) is 51.3. The van der Waals surface area contributed by atoms with E-state index in [1.807, 2.05) is 26.8 Å². The van der Waals surface area contributed by atoms with Gasteiger partial charge in [0.2, 0.25) is 0 Å². The van der Waals surface area contributed by atoms with Crippen LogP contribution in [0, 0.1) is 50.2 Å². The Morgan fingerprint density at radius 2 is 1.27 bits per heavy atom. The smallest absolute Gasteiger partial charge is 0.338 e. The standard InChI is InChI=1S/C50H78O16/c1-10-12-22-61-40(57)36-32(53)31(52)35(56)42(64-36)66-38-34(55)33(54)37(41(58)62-23-13-11-2)65-43(38)63-30-15-16-48(7)29(45(30,3)4)14-17-50(9)39(48)28(51)24-26-27-25-47(6,44(59)60)19-18-46(27,5)20-21-49(26,50)8/h24,27,29-39,42-43,52-56H,10-23,25H2,1-9H3,(H,59,60)/t27?,29?,30?,31-,32-,33-,34-,35+,36-,37-,38+,39?,42-,43+,46?,47?,48?,49?,50?/m0/s1. The van der Waals surface area contributed by atoms with E-state index in [9.17, 15) is 45.0 Å². The van der Waals surface area contributed by atoms with Gasteiger partial charge in [-0.2, -0.15) is 0 Å². The number of carbonyl (C=O) groups excluding carboxylic acids is 3. The minimum Gasteiger partial charge on any atom is -0.481 e. The number of allylic oxidation sites excluding steroid dienone is 2. The largest absolute Gasteiger partial charge is 0.481 e. The summed E-state index contributed by atoms with van der Waals surface area (Å²) in [7, 11) is 0. The lowest BCUT2D eigenvalue weighted by Crippen LogP contribution is -2.68. The predicted molar refractivity (Wildman–Crippen MR) is 236 cm³/mol. The van der Waals surface area contributed by atoms with Crippen LogP contribution in [0.2, 0.25) is 0 Å². The summed E-state index contributed by atoms with van der Waals surface area (Å²) in [5.74, 6) is -3.01.